The number of aromatic nitrogens is 1. The summed E-state index contributed by atoms with van der Waals surface area (Å²) in [6.07, 6.45) is 2.62. The minimum atomic E-state index is 0.111. The van der Waals surface area contributed by atoms with Crippen LogP contribution in [0.5, 0.6) is 0 Å². The summed E-state index contributed by atoms with van der Waals surface area (Å²) in [5.74, 6) is 0. The van der Waals surface area contributed by atoms with Crippen molar-refractivity contribution in [3.63, 3.8) is 0 Å². The first-order valence-electron chi connectivity index (χ1n) is 6.71. The Kier molecular flexibility index (Phi) is 5.41. The van der Waals surface area contributed by atoms with Crippen LogP contribution in [0.1, 0.15) is 29.8 Å². The molecule has 0 saturated carbocycles. The number of nitrogens with zero attached hydrogens (tertiary/aromatic N) is 1. The molecule has 0 amide bonds. The maximum atomic E-state index is 6.34. The van der Waals surface area contributed by atoms with Gasteiger partial charge < -0.3 is 5.32 Å². The molecule has 0 aliphatic heterocycles. The van der Waals surface area contributed by atoms with Gasteiger partial charge in [0.25, 0.3) is 0 Å². The van der Waals surface area contributed by atoms with Crippen LogP contribution in [-0.2, 0) is 6.42 Å². The molecule has 106 valence electrons. The zero-order chi connectivity index (χ0) is 14.5. The van der Waals surface area contributed by atoms with Crippen molar-refractivity contribution in [1.29, 1.82) is 0 Å². The Morgan fingerprint density at radius 2 is 2.00 bits per heavy atom. The number of pyridine rings is 1. The molecule has 4 heteroatoms. The first-order chi connectivity index (χ1) is 9.63. The summed E-state index contributed by atoms with van der Waals surface area (Å²) in [7, 11) is 0. The molecule has 0 spiro atoms. The fourth-order valence-electron chi connectivity index (χ4n) is 2.25. The van der Waals surface area contributed by atoms with Crippen LogP contribution in [0.3, 0.4) is 0 Å². The molecular formula is C16H18Cl2N2. The fraction of sp³-hybridized carbons (Fsp3) is 0.312. The third-order valence-corrected chi connectivity index (χ3v) is 4.16. The van der Waals surface area contributed by atoms with Crippen LogP contribution in [0.4, 0.5) is 0 Å². The zero-order valence-electron chi connectivity index (χ0n) is 11.7. The Morgan fingerprint density at radius 3 is 2.70 bits per heavy atom. The standard InChI is InChI=1S/C16H18Cl2N2/c1-3-19-15(10-14-11(2)6-5-9-20-14)12-7-4-8-13(17)16(12)18/h4-9,15,19H,3,10H2,1-2H3. The van der Waals surface area contributed by atoms with Crippen LogP contribution in [0.2, 0.25) is 10.0 Å². The summed E-state index contributed by atoms with van der Waals surface area (Å²) >= 11 is 12.5. The van der Waals surface area contributed by atoms with Crippen molar-refractivity contribution in [2.75, 3.05) is 6.54 Å². The van der Waals surface area contributed by atoms with E-state index in [1.807, 2.05) is 30.5 Å². The van der Waals surface area contributed by atoms with Crippen molar-refractivity contribution in [3.05, 3.63) is 63.4 Å². The first kappa shape index (κ1) is 15.3. The van der Waals surface area contributed by atoms with Gasteiger partial charge in [0, 0.05) is 24.4 Å². The van der Waals surface area contributed by atoms with E-state index in [1.165, 1.54) is 5.56 Å². The molecule has 1 aromatic heterocycles. The maximum Gasteiger partial charge on any atom is 0.0640 e. The molecule has 20 heavy (non-hydrogen) atoms. The van der Waals surface area contributed by atoms with E-state index in [4.69, 9.17) is 23.2 Å². The topological polar surface area (TPSA) is 24.9 Å². The van der Waals surface area contributed by atoms with E-state index in [0.29, 0.717) is 10.0 Å². The van der Waals surface area contributed by atoms with Gasteiger partial charge in [0.1, 0.15) is 0 Å². The van der Waals surface area contributed by atoms with Gasteiger partial charge in [-0.1, -0.05) is 48.3 Å². The number of likely N-dealkylation sites (N-methyl/N-ethyl adjacent to an activating group) is 1. The highest BCUT2D eigenvalue weighted by Gasteiger charge is 2.17. The maximum absolute atomic E-state index is 6.34. The SMILES string of the molecule is CCNC(Cc1ncccc1C)c1cccc(Cl)c1Cl. The van der Waals surface area contributed by atoms with E-state index in [0.717, 1.165) is 24.2 Å². The molecule has 2 aromatic rings. The van der Waals surface area contributed by atoms with Gasteiger partial charge >= 0.3 is 0 Å². The number of nitrogens with one attached hydrogen (secondary N) is 1. The first-order valence-corrected chi connectivity index (χ1v) is 7.46. The highest BCUT2D eigenvalue weighted by Crippen LogP contribution is 2.31. The van der Waals surface area contributed by atoms with Crippen molar-refractivity contribution >= 4 is 23.2 Å². The van der Waals surface area contributed by atoms with Gasteiger partial charge in [-0.05, 0) is 36.7 Å². The molecule has 0 fully saturated rings. The average molecular weight is 309 g/mol. The van der Waals surface area contributed by atoms with Gasteiger partial charge in [-0.3, -0.25) is 4.98 Å². The fourth-order valence-corrected chi connectivity index (χ4v) is 2.69. The van der Waals surface area contributed by atoms with Gasteiger partial charge in [0.2, 0.25) is 0 Å². The third-order valence-electron chi connectivity index (χ3n) is 3.32. The van der Waals surface area contributed by atoms with Crippen LogP contribution in [0.15, 0.2) is 36.5 Å². The second kappa shape index (κ2) is 7.07. The average Bonchev–Trinajstić information content (AvgIpc) is 2.44. The summed E-state index contributed by atoms with van der Waals surface area (Å²) in [5, 5.41) is 4.67. The third kappa shape index (κ3) is 3.51. The molecule has 0 radical (unpaired) electrons. The molecule has 1 N–H and O–H groups in total. The second-order valence-electron chi connectivity index (χ2n) is 4.72. The van der Waals surface area contributed by atoms with E-state index in [1.54, 1.807) is 0 Å². The van der Waals surface area contributed by atoms with Crippen molar-refractivity contribution in [1.82, 2.24) is 10.3 Å². The highest BCUT2D eigenvalue weighted by atomic mass is 35.5. The van der Waals surface area contributed by atoms with Gasteiger partial charge in [-0.2, -0.15) is 0 Å². The van der Waals surface area contributed by atoms with Crippen molar-refractivity contribution in [2.24, 2.45) is 0 Å². The largest absolute Gasteiger partial charge is 0.310 e. The van der Waals surface area contributed by atoms with E-state index in [-0.39, 0.29) is 6.04 Å². The Labute approximate surface area is 130 Å². The molecule has 0 bridgehead atoms. The predicted molar refractivity (Wildman–Crippen MR) is 85.6 cm³/mol. The van der Waals surface area contributed by atoms with E-state index in [2.05, 4.69) is 30.2 Å². The number of benzene rings is 1. The van der Waals surface area contributed by atoms with Crippen molar-refractivity contribution in [3.8, 4) is 0 Å². The van der Waals surface area contributed by atoms with Crippen LogP contribution in [0, 0.1) is 6.92 Å². The Balaban J connectivity index is 2.32. The summed E-state index contributed by atoms with van der Waals surface area (Å²) in [6.45, 7) is 5.01. The molecule has 1 atom stereocenters. The van der Waals surface area contributed by atoms with Crippen molar-refractivity contribution in [2.45, 2.75) is 26.3 Å². The summed E-state index contributed by atoms with van der Waals surface area (Å²) < 4.78 is 0. The van der Waals surface area contributed by atoms with Crippen LogP contribution in [0.25, 0.3) is 0 Å². The Morgan fingerprint density at radius 1 is 1.20 bits per heavy atom. The van der Waals surface area contributed by atoms with Gasteiger partial charge in [-0.15, -0.1) is 0 Å². The van der Waals surface area contributed by atoms with Crippen LogP contribution in [-0.4, -0.2) is 11.5 Å². The molecule has 0 aliphatic rings. The summed E-state index contributed by atoms with van der Waals surface area (Å²) in [4.78, 5) is 4.46. The van der Waals surface area contributed by atoms with Crippen molar-refractivity contribution < 1.29 is 0 Å². The summed E-state index contributed by atoms with van der Waals surface area (Å²) in [6, 6.07) is 9.89. The number of halogens is 2. The van der Waals surface area contributed by atoms with Crippen LogP contribution >= 0.6 is 23.2 Å². The minimum Gasteiger partial charge on any atom is -0.310 e. The van der Waals surface area contributed by atoms with Gasteiger partial charge in [0.05, 0.1) is 10.0 Å². The lowest BCUT2D eigenvalue weighted by molar-refractivity contribution is 0.543. The molecule has 1 aromatic carbocycles. The Bertz CT molecular complexity index is 584. The Hall–Kier alpha value is -1.09. The number of hydrogen-bond donors (Lipinski definition) is 1. The number of aryl methyl sites for hydroxylation is 1. The highest BCUT2D eigenvalue weighted by molar-refractivity contribution is 6.42. The minimum absolute atomic E-state index is 0.111. The molecular weight excluding hydrogens is 291 g/mol. The van der Waals surface area contributed by atoms with E-state index >= 15 is 0 Å². The molecule has 2 rings (SSSR count). The number of rotatable bonds is 5. The van der Waals surface area contributed by atoms with Crippen LogP contribution < -0.4 is 5.32 Å². The predicted octanol–water partition coefficient (Wildman–Crippen LogP) is 4.59. The lowest BCUT2D eigenvalue weighted by atomic mass is 9.99. The normalized spacial score (nSPS) is 12.4. The molecule has 0 saturated heterocycles. The monoisotopic (exact) mass is 308 g/mol. The molecule has 1 unspecified atom stereocenters. The lowest BCUT2D eigenvalue weighted by Crippen LogP contribution is -2.24. The zero-order valence-corrected chi connectivity index (χ0v) is 13.2. The van der Waals surface area contributed by atoms with E-state index < -0.39 is 0 Å². The summed E-state index contributed by atoms with van der Waals surface area (Å²) in [5.41, 5.74) is 3.29. The van der Waals surface area contributed by atoms with Gasteiger partial charge in [0.15, 0.2) is 0 Å². The van der Waals surface area contributed by atoms with E-state index in [9.17, 15) is 0 Å². The molecule has 1 heterocycles. The number of hydrogen-bond acceptors (Lipinski definition) is 2. The molecule has 2 nitrogen and oxygen atoms in total. The smallest absolute Gasteiger partial charge is 0.0640 e. The second-order valence-corrected chi connectivity index (χ2v) is 5.51. The molecule has 0 aliphatic carbocycles. The van der Waals surface area contributed by atoms with Gasteiger partial charge in [-0.25, -0.2) is 0 Å². The lowest BCUT2D eigenvalue weighted by Gasteiger charge is -2.20. The quantitative estimate of drug-likeness (QED) is 0.874.